The molecule has 0 saturated carbocycles. The highest BCUT2D eigenvalue weighted by Crippen LogP contribution is 2.40. The van der Waals surface area contributed by atoms with Crippen LogP contribution in [0, 0.1) is 6.92 Å². The zero-order chi connectivity index (χ0) is 23.7. The molecule has 172 valence electrons. The number of benzene rings is 2. The molecule has 7 nitrogen and oxygen atoms in total. The van der Waals surface area contributed by atoms with Gasteiger partial charge in [0, 0.05) is 34.8 Å². The Morgan fingerprint density at radius 2 is 2.00 bits per heavy atom. The van der Waals surface area contributed by atoms with Crippen molar-refractivity contribution in [3.63, 3.8) is 0 Å². The summed E-state index contributed by atoms with van der Waals surface area (Å²) < 4.78 is 24.2. The van der Waals surface area contributed by atoms with Crippen molar-refractivity contribution in [2.45, 2.75) is 40.3 Å². The van der Waals surface area contributed by atoms with Crippen LogP contribution in [0.4, 0.5) is 0 Å². The third-order valence-corrected chi connectivity index (χ3v) is 5.50. The van der Waals surface area contributed by atoms with Gasteiger partial charge in [-0.1, -0.05) is 0 Å². The number of carbonyl (C=O) groups is 2. The number of fused-ring (bicyclic) bond motifs is 2. The Hall–Kier alpha value is -3.74. The topological polar surface area (TPSA) is 76.0 Å². The van der Waals surface area contributed by atoms with E-state index >= 15 is 0 Å². The molecule has 1 aliphatic rings. The molecule has 1 aliphatic heterocycles. The van der Waals surface area contributed by atoms with Gasteiger partial charge in [-0.25, -0.2) is 4.79 Å². The Balaban J connectivity index is 1.64. The van der Waals surface area contributed by atoms with Crippen LogP contribution >= 0.6 is 0 Å². The number of ketones is 1. The lowest BCUT2D eigenvalue weighted by molar-refractivity contribution is -0.149. The lowest BCUT2D eigenvalue weighted by Crippen LogP contribution is -2.19. The first kappa shape index (κ1) is 22.5. The van der Waals surface area contributed by atoms with Gasteiger partial charge in [0.25, 0.3) is 0 Å². The number of rotatable bonds is 7. The molecule has 0 N–H and O–H groups in total. The number of ether oxygens (including phenoxy) is 4. The number of hydrogen-bond acceptors (Lipinski definition) is 6. The van der Waals surface area contributed by atoms with Crippen molar-refractivity contribution < 1.29 is 28.5 Å². The second-order valence-corrected chi connectivity index (χ2v) is 8.09. The van der Waals surface area contributed by atoms with E-state index in [4.69, 9.17) is 18.9 Å². The van der Waals surface area contributed by atoms with E-state index in [2.05, 4.69) is 11.5 Å². The maximum absolute atomic E-state index is 13.0. The van der Waals surface area contributed by atoms with Gasteiger partial charge in [-0.15, -0.1) is 0 Å². The fraction of sp³-hybridized carbons (Fsp3) is 0.308. The quantitative estimate of drug-likeness (QED) is 0.376. The first-order valence-electron chi connectivity index (χ1n) is 10.9. The lowest BCUT2D eigenvalue weighted by Gasteiger charge is -2.12. The van der Waals surface area contributed by atoms with Crippen LogP contribution in [0.2, 0.25) is 0 Å². The normalized spacial score (nSPS) is 14.0. The molecule has 7 heteroatoms. The summed E-state index contributed by atoms with van der Waals surface area (Å²) in [5.74, 6) is 1.24. The highest BCUT2D eigenvalue weighted by molar-refractivity contribution is 6.15. The van der Waals surface area contributed by atoms with Crippen molar-refractivity contribution in [2.75, 3.05) is 13.7 Å². The largest absolute Gasteiger partial charge is 0.497 e. The number of methoxy groups -OCH3 is 1. The van der Waals surface area contributed by atoms with E-state index in [-0.39, 0.29) is 24.3 Å². The van der Waals surface area contributed by atoms with Crippen LogP contribution in [0.1, 0.15) is 42.3 Å². The molecule has 0 amide bonds. The van der Waals surface area contributed by atoms with Crippen LogP contribution in [-0.4, -0.2) is 36.1 Å². The number of aromatic nitrogens is 1. The molecule has 0 fully saturated rings. The van der Waals surface area contributed by atoms with Gasteiger partial charge in [0.05, 0.1) is 18.8 Å². The maximum Gasteiger partial charge on any atom is 0.344 e. The van der Waals surface area contributed by atoms with Crippen LogP contribution in [0.25, 0.3) is 17.0 Å². The number of esters is 1. The zero-order valence-electron chi connectivity index (χ0n) is 19.4. The Kier molecular flexibility index (Phi) is 6.14. The summed E-state index contributed by atoms with van der Waals surface area (Å²) >= 11 is 0. The van der Waals surface area contributed by atoms with Gasteiger partial charge in [-0.05, 0) is 64.1 Å². The molecule has 33 heavy (non-hydrogen) atoms. The van der Waals surface area contributed by atoms with Gasteiger partial charge in [0.1, 0.15) is 17.2 Å². The maximum atomic E-state index is 13.0. The van der Waals surface area contributed by atoms with Gasteiger partial charge in [0.2, 0.25) is 5.78 Å². The molecule has 2 aromatic carbocycles. The molecule has 0 aliphatic carbocycles. The number of carbonyl (C=O) groups excluding carboxylic acids is 2. The Bertz CT molecular complexity index is 1270. The van der Waals surface area contributed by atoms with Crippen molar-refractivity contribution in [3.8, 4) is 17.2 Å². The van der Waals surface area contributed by atoms with E-state index in [0.29, 0.717) is 22.6 Å². The standard InChI is InChI=1S/C26H27NO6/c1-6-27-13-17(20-12-18(30-5)7-9-21(20)27)11-23-25(29)19-8-10-22(16(4)26(19)33-23)31-14-24(28)32-15(2)3/h7-13,15H,6,14H2,1-5H3. The summed E-state index contributed by atoms with van der Waals surface area (Å²) in [6.07, 6.45) is 3.55. The van der Waals surface area contributed by atoms with Gasteiger partial charge < -0.3 is 23.5 Å². The van der Waals surface area contributed by atoms with Crippen LogP contribution in [0.3, 0.4) is 0 Å². The summed E-state index contributed by atoms with van der Waals surface area (Å²) in [5, 5.41) is 0.973. The summed E-state index contributed by atoms with van der Waals surface area (Å²) in [4.78, 5) is 24.9. The van der Waals surface area contributed by atoms with Crippen LogP contribution < -0.4 is 14.2 Å². The molecule has 0 spiro atoms. The number of nitrogens with zero attached hydrogens (tertiary/aromatic N) is 1. The SMILES string of the molecule is CCn1cc(C=C2Oc3c(ccc(OCC(=O)OC(C)C)c3C)C2=O)c2cc(OC)ccc21. The van der Waals surface area contributed by atoms with Crippen molar-refractivity contribution in [1.29, 1.82) is 0 Å². The number of Topliss-reactive ketones (excluding diaryl/α,β-unsaturated/α-hetero) is 1. The smallest absolute Gasteiger partial charge is 0.344 e. The third-order valence-electron chi connectivity index (χ3n) is 5.50. The molecule has 0 radical (unpaired) electrons. The van der Waals surface area contributed by atoms with E-state index in [0.717, 1.165) is 28.8 Å². The zero-order valence-corrected chi connectivity index (χ0v) is 19.4. The van der Waals surface area contributed by atoms with E-state index in [1.807, 2.05) is 24.4 Å². The fourth-order valence-corrected chi connectivity index (χ4v) is 3.91. The molecule has 1 aromatic heterocycles. The van der Waals surface area contributed by atoms with E-state index in [1.165, 1.54) is 0 Å². The Morgan fingerprint density at radius 1 is 1.21 bits per heavy atom. The van der Waals surface area contributed by atoms with Crippen molar-refractivity contribution in [1.82, 2.24) is 4.57 Å². The van der Waals surface area contributed by atoms with Gasteiger partial charge in [-0.2, -0.15) is 0 Å². The predicted octanol–water partition coefficient (Wildman–Crippen LogP) is 4.92. The number of allylic oxidation sites excluding steroid dienone is 1. The summed E-state index contributed by atoms with van der Waals surface area (Å²) in [5.41, 5.74) is 3.03. The van der Waals surface area contributed by atoms with Gasteiger partial charge >= 0.3 is 5.97 Å². The molecule has 3 aromatic rings. The van der Waals surface area contributed by atoms with Crippen molar-refractivity contribution >= 4 is 28.7 Å². The minimum atomic E-state index is -0.453. The van der Waals surface area contributed by atoms with Crippen LogP contribution in [0.5, 0.6) is 17.2 Å². The molecular formula is C26H27NO6. The summed E-state index contributed by atoms with van der Waals surface area (Å²) in [6.45, 7) is 7.99. The predicted molar refractivity (Wildman–Crippen MR) is 125 cm³/mol. The third kappa shape index (κ3) is 4.31. The monoisotopic (exact) mass is 449 g/mol. The van der Waals surface area contributed by atoms with E-state index in [1.54, 1.807) is 46.1 Å². The highest BCUT2D eigenvalue weighted by Gasteiger charge is 2.30. The fourth-order valence-electron chi connectivity index (χ4n) is 3.91. The van der Waals surface area contributed by atoms with Crippen LogP contribution in [0.15, 0.2) is 42.3 Å². The Morgan fingerprint density at radius 3 is 2.70 bits per heavy atom. The summed E-state index contributed by atoms with van der Waals surface area (Å²) in [6, 6.07) is 9.21. The van der Waals surface area contributed by atoms with Crippen LogP contribution in [-0.2, 0) is 16.1 Å². The molecular weight excluding hydrogens is 422 g/mol. The minimum Gasteiger partial charge on any atom is -0.497 e. The van der Waals surface area contributed by atoms with Gasteiger partial charge in [-0.3, -0.25) is 4.79 Å². The lowest BCUT2D eigenvalue weighted by atomic mass is 10.1. The molecule has 2 heterocycles. The summed E-state index contributed by atoms with van der Waals surface area (Å²) in [7, 11) is 1.63. The second-order valence-electron chi connectivity index (χ2n) is 8.09. The minimum absolute atomic E-state index is 0.195. The average molecular weight is 450 g/mol. The second kappa shape index (κ2) is 9.02. The Labute approximate surface area is 192 Å². The first-order chi connectivity index (χ1) is 15.8. The van der Waals surface area contributed by atoms with Crippen molar-refractivity contribution in [2.24, 2.45) is 0 Å². The first-order valence-corrected chi connectivity index (χ1v) is 10.9. The van der Waals surface area contributed by atoms with E-state index < -0.39 is 5.97 Å². The molecule has 0 unspecified atom stereocenters. The highest BCUT2D eigenvalue weighted by atomic mass is 16.6. The van der Waals surface area contributed by atoms with Crippen molar-refractivity contribution in [3.05, 3.63) is 59.0 Å². The van der Waals surface area contributed by atoms with Gasteiger partial charge in [0.15, 0.2) is 12.4 Å². The van der Waals surface area contributed by atoms with E-state index in [9.17, 15) is 9.59 Å². The average Bonchev–Trinajstić information content (AvgIpc) is 3.30. The molecule has 0 atom stereocenters. The molecule has 0 saturated heterocycles. The molecule has 0 bridgehead atoms. The molecule has 4 rings (SSSR count). The number of hydrogen-bond donors (Lipinski definition) is 0. The number of aryl methyl sites for hydroxylation is 1.